The number of nitrogens with zero attached hydrogens (tertiary/aromatic N) is 4. The van der Waals surface area contributed by atoms with Crippen LogP contribution >= 0.6 is 0 Å². The lowest BCUT2D eigenvalue weighted by atomic mass is 10.3. The largest absolute Gasteiger partial charge is 0.493 e. The first-order chi connectivity index (χ1) is 4.88. The van der Waals surface area contributed by atoms with Gasteiger partial charge in [-0.25, -0.2) is 9.97 Å². The first-order valence-corrected chi connectivity index (χ1v) is 2.66. The Labute approximate surface area is 56.4 Å². The molecule has 49 valence electrons. The lowest BCUT2D eigenvalue weighted by molar-refractivity contribution is 0.451. The molecule has 0 saturated carbocycles. The Balaban J connectivity index is 2.67. The molecule has 1 radical (unpaired) electrons. The normalized spacial score (nSPS) is 12.8. The maximum atomic E-state index is 9.03. The number of hydrogen-bond acceptors (Lipinski definition) is 4. The lowest BCUT2D eigenvalue weighted by Gasteiger charge is -1.93. The minimum atomic E-state index is -0.0741. The van der Waals surface area contributed by atoms with E-state index in [4.69, 9.17) is 5.11 Å². The van der Waals surface area contributed by atoms with Crippen molar-refractivity contribution in [1.29, 1.82) is 0 Å². The van der Waals surface area contributed by atoms with Gasteiger partial charge in [-0.1, -0.05) is 0 Å². The van der Waals surface area contributed by atoms with Crippen LogP contribution in [0.5, 0.6) is 5.88 Å². The lowest BCUT2D eigenvalue weighted by Crippen LogP contribution is -1.89. The van der Waals surface area contributed by atoms with Crippen molar-refractivity contribution in [3.8, 4) is 5.88 Å². The van der Waals surface area contributed by atoms with Gasteiger partial charge in [0.05, 0.1) is 6.21 Å². The molecule has 1 aromatic heterocycles. The van der Waals surface area contributed by atoms with Crippen LogP contribution in [0.2, 0.25) is 0 Å². The summed E-state index contributed by atoms with van der Waals surface area (Å²) in [7, 11) is 0. The fourth-order valence-corrected chi connectivity index (χ4v) is 0.714. The van der Waals surface area contributed by atoms with Crippen molar-refractivity contribution in [3.05, 3.63) is 11.9 Å². The van der Waals surface area contributed by atoms with Crippen LogP contribution < -0.4 is 5.43 Å². The molecule has 2 heterocycles. The highest BCUT2D eigenvalue weighted by Gasteiger charge is 2.13. The molecule has 1 N–H and O–H groups in total. The molecule has 2 rings (SSSR count). The highest BCUT2D eigenvalue weighted by Crippen LogP contribution is 2.21. The fourth-order valence-electron chi connectivity index (χ4n) is 0.714. The molecule has 10 heavy (non-hydrogen) atoms. The second kappa shape index (κ2) is 1.66. The van der Waals surface area contributed by atoms with Gasteiger partial charge in [-0.3, -0.25) is 0 Å². The Morgan fingerprint density at radius 2 is 2.20 bits per heavy atom. The number of hydrogen-bond donors (Lipinski definition) is 1. The summed E-state index contributed by atoms with van der Waals surface area (Å²) in [5, 5.41) is 12.6. The Bertz CT molecular complexity index is 296. The molecule has 1 aromatic rings. The third-order valence-electron chi connectivity index (χ3n) is 1.18. The van der Waals surface area contributed by atoms with Gasteiger partial charge in [0.1, 0.15) is 11.9 Å². The number of aromatic hydroxyl groups is 1. The average molecular weight is 135 g/mol. The minimum Gasteiger partial charge on any atom is -0.493 e. The van der Waals surface area contributed by atoms with Crippen LogP contribution in [0.1, 0.15) is 5.56 Å². The van der Waals surface area contributed by atoms with Gasteiger partial charge in [0.15, 0.2) is 5.82 Å². The average Bonchev–Trinajstić information content (AvgIpc) is 2.36. The molecule has 0 bridgehead atoms. The van der Waals surface area contributed by atoms with E-state index in [2.05, 4.69) is 20.5 Å². The quantitative estimate of drug-likeness (QED) is 0.533. The minimum absolute atomic E-state index is 0.0741. The topological polar surface area (TPSA) is 72.5 Å². The van der Waals surface area contributed by atoms with Crippen molar-refractivity contribution in [2.45, 2.75) is 0 Å². The van der Waals surface area contributed by atoms with Crippen LogP contribution in [0.4, 0.5) is 5.82 Å². The SMILES string of the molecule is Oc1ncnc2c1C=N[N]2. The zero-order chi connectivity index (χ0) is 6.97. The van der Waals surface area contributed by atoms with Gasteiger partial charge in [0.2, 0.25) is 5.88 Å². The number of aromatic nitrogens is 2. The van der Waals surface area contributed by atoms with Gasteiger partial charge < -0.3 is 5.11 Å². The molecule has 0 atom stereocenters. The van der Waals surface area contributed by atoms with Crippen molar-refractivity contribution in [2.24, 2.45) is 5.10 Å². The molecule has 0 fully saturated rings. The Kier molecular flexibility index (Phi) is 0.858. The van der Waals surface area contributed by atoms with Crippen molar-refractivity contribution in [2.75, 3.05) is 0 Å². The molecule has 1 aliphatic heterocycles. The summed E-state index contributed by atoms with van der Waals surface area (Å²) in [4.78, 5) is 7.30. The summed E-state index contributed by atoms with van der Waals surface area (Å²) in [5.41, 5.74) is 4.11. The van der Waals surface area contributed by atoms with E-state index in [9.17, 15) is 0 Å². The zero-order valence-corrected chi connectivity index (χ0v) is 4.89. The van der Waals surface area contributed by atoms with E-state index in [0.717, 1.165) is 0 Å². The third-order valence-corrected chi connectivity index (χ3v) is 1.18. The molecule has 0 aliphatic carbocycles. The van der Waals surface area contributed by atoms with Crippen LogP contribution in [-0.4, -0.2) is 21.3 Å². The predicted octanol–water partition coefficient (Wildman–Crippen LogP) is -0.234. The Hall–Kier alpha value is -1.65. The van der Waals surface area contributed by atoms with E-state index in [1.807, 2.05) is 0 Å². The van der Waals surface area contributed by atoms with E-state index in [0.29, 0.717) is 11.4 Å². The van der Waals surface area contributed by atoms with Crippen molar-refractivity contribution >= 4 is 12.0 Å². The number of rotatable bonds is 0. The van der Waals surface area contributed by atoms with Crippen LogP contribution in [0.3, 0.4) is 0 Å². The fraction of sp³-hybridized carbons (Fsp3) is 0. The summed E-state index contributed by atoms with van der Waals surface area (Å²) >= 11 is 0. The summed E-state index contributed by atoms with van der Waals surface area (Å²) in [6.07, 6.45) is 2.66. The van der Waals surface area contributed by atoms with E-state index in [1.54, 1.807) is 0 Å². The van der Waals surface area contributed by atoms with Crippen LogP contribution in [0, 0.1) is 0 Å². The first-order valence-electron chi connectivity index (χ1n) is 2.66. The first kappa shape index (κ1) is 5.16. The smallest absolute Gasteiger partial charge is 0.225 e. The number of fused-ring (bicyclic) bond motifs is 1. The maximum absolute atomic E-state index is 9.03. The van der Waals surface area contributed by atoms with Crippen LogP contribution in [0.25, 0.3) is 0 Å². The molecule has 0 saturated heterocycles. The van der Waals surface area contributed by atoms with Crippen molar-refractivity contribution in [3.63, 3.8) is 0 Å². The Morgan fingerprint density at radius 1 is 1.30 bits per heavy atom. The summed E-state index contributed by atoms with van der Waals surface area (Å²) in [6.45, 7) is 0. The van der Waals surface area contributed by atoms with Gasteiger partial charge in [-0.2, -0.15) is 5.10 Å². The maximum Gasteiger partial charge on any atom is 0.225 e. The molecule has 0 aromatic carbocycles. The van der Waals surface area contributed by atoms with Gasteiger partial charge in [0.25, 0.3) is 0 Å². The predicted molar refractivity (Wildman–Crippen MR) is 33.1 cm³/mol. The molecule has 5 heteroatoms. The van der Waals surface area contributed by atoms with Crippen LogP contribution in [0.15, 0.2) is 11.4 Å². The second-order valence-corrected chi connectivity index (χ2v) is 1.78. The van der Waals surface area contributed by atoms with E-state index in [1.165, 1.54) is 12.5 Å². The molecule has 0 amide bonds. The van der Waals surface area contributed by atoms with E-state index in [-0.39, 0.29) is 5.88 Å². The second-order valence-electron chi connectivity index (χ2n) is 1.78. The summed E-state index contributed by atoms with van der Waals surface area (Å²) in [6, 6.07) is 0. The zero-order valence-electron chi connectivity index (χ0n) is 4.89. The monoisotopic (exact) mass is 135 g/mol. The molecule has 0 spiro atoms. The molecule has 1 aliphatic rings. The van der Waals surface area contributed by atoms with Crippen LogP contribution in [-0.2, 0) is 0 Å². The standard InChI is InChI=1S/C5H3N4O/c10-5-3-1-8-9-4(3)6-2-7-5/h1-2H,(H,6,7,10). The highest BCUT2D eigenvalue weighted by atomic mass is 16.3. The molecule has 5 nitrogen and oxygen atoms in total. The van der Waals surface area contributed by atoms with E-state index >= 15 is 0 Å². The summed E-state index contributed by atoms with van der Waals surface area (Å²) in [5.74, 6) is 0.350. The summed E-state index contributed by atoms with van der Waals surface area (Å²) < 4.78 is 0. The van der Waals surface area contributed by atoms with Gasteiger partial charge in [-0.05, 0) is 0 Å². The van der Waals surface area contributed by atoms with Gasteiger partial charge in [-0.15, -0.1) is 5.43 Å². The van der Waals surface area contributed by atoms with Crippen molar-refractivity contribution in [1.82, 2.24) is 15.4 Å². The Morgan fingerprint density at radius 3 is 3.00 bits per heavy atom. The highest BCUT2D eigenvalue weighted by molar-refractivity contribution is 5.90. The third kappa shape index (κ3) is 0.540. The molecular weight excluding hydrogens is 132 g/mol. The van der Waals surface area contributed by atoms with Gasteiger partial charge >= 0.3 is 0 Å². The van der Waals surface area contributed by atoms with Crippen molar-refractivity contribution < 1.29 is 5.11 Å². The van der Waals surface area contributed by atoms with Gasteiger partial charge in [0, 0.05) is 0 Å². The van der Waals surface area contributed by atoms with E-state index < -0.39 is 0 Å². The molecule has 0 unspecified atom stereocenters. The molecular formula is C5H3N4O.